The van der Waals surface area contributed by atoms with E-state index < -0.39 is 0 Å². The highest BCUT2D eigenvalue weighted by Crippen LogP contribution is 2.27. The molecule has 2 N–H and O–H groups in total. The Labute approximate surface area is 116 Å². The van der Waals surface area contributed by atoms with Crippen molar-refractivity contribution in [1.29, 1.82) is 0 Å². The highest BCUT2D eigenvalue weighted by Gasteiger charge is 2.15. The van der Waals surface area contributed by atoms with E-state index in [1.165, 1.54) is 9.75 Å². The molecule has 1 rings (SSSR count). The molecular formula is C15H28N2S. The predicted octanol–water partition coefficient (Wildman–Crippen LogP) is 3.68. The van der Waals surface area contributed by atoms with Gasteiger partial charge >= 0.3 is 0 Å². The van der Waals surface area contributed by atoms with Crippen LogP contribution in [0.3, 0.4) is 0 Å². The van der Waals surface area contributed by atoms with E-state index in [1.807, 2.05) is 11.3 Å². The molecule has 1 heterocycles. The van der Waals surface area contributed by atoms with Crippen molar-refractivity contribution >= 4 is 11.3 Å². The van der Waals surface area contributed by atoms with E-state index in [4.69, 9.17) is 5.73 Å². The molecule has 0 aliphatic carbocycles. The molecule has 0 spiro atoms. The van der Waals surface area contributed by atoms with Gasteiger partial charge in [-0.2, -0.15) is 0 Å². The number of nitrogens with two attached hydrogens (primary N) is 1. The van der Waals surface area contributed by atoms with Gasteiger partial charge in [0.1, 0.15) is 0 Å². The standard InChI is InChI=1S/C15H28N2S/c1-6-13-7-8-15(18-13)12(4)17(5)10-9-14(16)11(2)3/h7-8,11-12,14H,6,9-10,16H2,1-5H3. The number of aryl methyl sites for hydroxylation is 1. The highest BCUT2D eigenvalue weighted by molar-refractivity contribution is 7.12. The maximum absolute atomic E-state index is 6.11. The molecule has 1 aromatic heterocycles. The van der Waals surface area contributed by atoms with Crippen LogP contribution in [-0.2, 0) is 6.42 Å². The van der Waals surface area contributed by atoms with E-state index in [1.54, 1.807) is 0 Å². The maximum atomic E-state index is 6.11. The molecule has 0 radical (unpaired) electrons. The molecule has 0 amide bonds. The third kappa shape index (κ3) is 4.38. The SMILES string of the molecule is CCc1ccc(C(C)N(C)CCC(N)C(C)C)s1. The van der Waals surface area contributed by atoms with Gasteiger partial charge in [0.25, 0.3) is 0 Å². The Kier molecular flexibility index (Phi) is 6.33. The number of hydrogen-bond acceptors (Lipinski definition) is 3. The number of thiophene rings is 1. The van der Waals surface area contributed by atoms with E-state index in [2.05, 4.69) is 51.8 Å². The Morgan fingerprint density at radius 1 is 1.28 bits per heavy atom. The van der Waals surface area contributed by atoms with E-state index in [0.29, 0.717) is 18.0 Å². The minimum atomic E-state index is 0.314. The molecule has 3 heteroatoms. The summed E-state index contributed by atoms with van der Waals surface area (Å²) in [6, 6.07) is 5.33. The molecule has 0 aliphatic heterocycles. The summed E-state index contributed by atoms with van der Waals surface area (Å²) >= 11 is 1.94. The molecule has 2 nitrogen and oxygen atoms in total. The van der Waals surface area contributed by atoms with Gasteiger partial charge < -0.3 is 5.73 Å². The number of hydrogen-bond donors (Lipinski definition) is 1. The van der Waals surface area contributed by atoms with Crippen LogP contribution >= 0.6 is 11.3 Å². The second-order valence-corrected chi connectivity index (χ2v) is 6.71. The van der Waals surface area contributed by atoms with Crippen LogP contribution in [0.25, 0.3) is 0 Å². The van der Waals surface area contributed by atoms with Crippen molar-refractivity contribution in [3.8, 4) is 0 Å². The molecule has 2 unspecified atom stereocenters. The highest BCUT2D eigenvalue weighted by atomic mass is 32.1. The van der Waals surface area contributed by atoms with Crippen LogP contribution in [0.15, 0.2) is 12.1 Å². The van der Waals surface area contributed by atoms with Crippen LogP contribution in [-0.4, -0.2) is 24.5 Å². The molecule has 1 aromatic rings. The summed E-state index contributed by atoms with van der Waals surface area (Å²) in [5.74, 6) is 0.571. The van der Waals surface area contributed by atoms with Crippen molar-refractivity contribution in [1.82, 2.24) is 4.90 Å². The first-order valence-electron chi connectivity index (χ1n) is 7.00. The van der Waals surface area contributed by atoms with Crippen molar-refractivity contribution in [3.05, 3.63) is 21.9 Å². The monoisotopic (exact) mass is 268 g/mol. The average molecular weight is 268 g/mol. The summed E-state index contributed by atoms with van der Waals surface area (Å²) < 4.78 is 0. The van der Waals surface area contributed by atoms with E-state index in [-0.39, 0.29) is 0 Å². The van der Waals surface area contributed by atoms with Gasteiger partial charge in [0, 0.05) is 21.8 Å². The van der Waals surface area contributed by atoms with Crippen LogP contribution < -0.4 is 5.73 Å². The second-order valence-electron chi connectivity index (χ2n) is 5.51. The fourth-order valence-electron chi connectivity index (χ4n) is 1.91. The van der Waals surface area contributed by atoms with Gasteiger partial charge in [-0.25, -0.2) is 0 Å². The zero-order chi connectivity index (χ0) is 13.7. The lowest BCUT2D eigenvalue weighted by Crippen LogP contribution is -2.32. The summed E-state index contributed by atoms with van der Waals surface area (Å²) in [6.45, 7) is 9.96. The molecule has 0 aliphatic rings. The largest absolute Gasteiger partial charge is 0.327 e. The molecule has 18 heavy (non-hydrogen) atoms. The first-order valence-corrected chi connectivity index (χ1v) is 7.81. The first-order chi connectivity index (χ1) is 8.45. The molecule has 2 atom stereocenters. The lowest BCUT2D eigenvalue weighted by atomic mass is 10.0. The topological polar surface area (TPSA) is 29.3 Å². The Morgan fingerprint density at radius 2 is 1.94 bits per heavy atom. The van der Waals surface area contributed by atoms with Gasteiger partial charge in [0.2, 0.25) is 0 Å². The van der Waals surface area contributed by atoms with Crippen LogP contribution in [0, 0.1) is 5.92 Å². The minimum Gasteiger partial charge on any atom is -0.327 e. The summed E-state index contributed by atoms with van der Waals surface area (Å²) in [5.41, 5.74) is 6.11. The van der Waals surface area contributed by atoms with Crippen LogP contribution in [0.5, 0.6) is 0 Å². The quantitative estimate of drug-likeness (QED) is 0.817. The van der Waals surface area contributed by atoms with Gasteiger partial charge in [-0.05, 0) is 51.4 Å². The Balaban J connectivity index is 2.48. The maximum Gasteiger partial charge on any atom is 0.0410 e. The van der Waals surface area contributed by atoms with Crippen molar-refractivity contribution in [2.45, 2.75) is 52.6 Å². The van der Waals surface area contributed by atoms with Crippen molar-refractivity contribution < 1.29 is 0 Å². The number of rotatable bonds is 7. The smallest absolute Gasteiger partial charge is 0.0410 e. The minimum absolute atomic E-state index is 0.314. The summed E-state index contributed by atoms with van der Waals surface area (Å²) in [5, 5.41) is 0. The lowest BCUT2D eigenvalue weighted by molar-refractivity contribution is 0.246. The van der Waals surface area contributed by atoms with Gasteiger partial charge in [-0.3, -0.25) is 4.90 Å². The fourth-order valence-corrected chi connectivity index (χ4v) is 2.98. The van der Waals surface area contributed by atoms with E-state index >= 15 is 0 Å². The lowest BCUT2D eigenvalue weighted by Gasteiger charge is -2.26. The van der Waals surface area contributed by atoms with Gasteiger partial charge in [0.15, 0.2) is 0 Å². The molecular weight excluding hydrogens is 240 g/mol. The fraction of sp³-hybridized carbons (Fsp3) is 0.733. The average Bonchev–Trinajstić information content (AvgIpc) is 2.82. The van der Waals surface area contributed by atoms with Gasteiger partial charge in [-0.1, -0.05) is 20.8 Å². The molecule has 104 valence electrons. The third-order valence-electron chi connectivity index (χ3n) is 3.78. The molecule has 0 saturated heterocycles. The molecule has 0 fully saturated rings. The summed E-state index contributed by atoms with van der Waals surface area (Å²) in [6.07, 6.45) is 2.21. The first kappa shape index (κ1) is 15.7. The Morgan fingerprint density at radius 3 is 2.44 bits per heavy atom. The molecule has 0 bridgehead atoms. The summed E-state index contributed by atoms with van der Waals surface area (Å²) in [7, 11) is 2.20. The normalized spacial score (nSPS) is 15.3. The molecule has 0 saturated carbocycles. The van der Waals surface area contributed by atoms with Crippen LogP contribution in [0.2, 0.25) is 0 Å². The van der Waals surface area contributed by atoms with E-state index in [9.17, 15) is 0 Å². The van der Waals surface area contributed by atoms with E-state index in [0.717, 1.165) is 19.4 Å². The number of nitrogens with zero attached hydrogens (tertiary/aromatic N) is 1. The van der Waals surface area contributed by atoms with Gasteiger partial charge in [0.05, 0.1) is 0 Å². The zero-order valence-electron chi connectivity index (χ0n) is 12.4. The predicted molar refractivity (Wildman–Crippen MR) is 82.2 cm³/mol. The van der Waals surface area contributed by atoms with Crippen LogP contribution in [0.1, 0.15) is 49.9 Å². The zero-order valence-corrected chi connectivity index (χ0v) is 13.3. The molecule has 0 aromatic carbocycles. The van der Waals surface area contributed by atoms with Crippen LogP contribution in [0.4, 0.5) is 0 Å². The van der Waals surface area contributed by atoms with Crippen molar-refractivity contribution in [3.63, 3.8) is 0 Å². The van der Waals surface area contributed by atoms with Crippen molar-refractivity contribution in [2.75, 3.05) is 13.6 Å². The van der Waals surface area contributed by atoms with Gasteiger partial charge in [-0.15, -0.1) is 11.3 Å². The van der Waals surface area contributed by atoms with Crippen molar-refractivity contribution in [2.24, 2.45) is 11.7 Å². The third-order valence-corrected chi connectivity index (χ3v) is 5.18. The summed E-state index contributed by atoms with van der Waals surface area (Å²) in [4.78, 5) is 5.35. The Bertz CT molecular complexity index is 346. The second kappa shape index (κ2) is 7.27. The Hall–Kier alpha value is -0.380.